The Morgan fingerprint density at radius 3 is 0.967 bits per heavy atom. The molecule has 3 aliphatic carbocycles. The van der Waals surface area contributed by atoms with Crippen molar-refractivity contribution in [3.63, 3.8) is 0 Å². The van der Waals surface area contributed by atoms with Gasteiger partial charge in [-0.15, -0.1) is 11.6 Å². The lowest BCUT2D eigenvalue weighted by molar-refractivity contribution is -0.385. The number of nitro benzene ring substituents is 4. The van der Waals surface area contributed by atoms with E-state index in [1.54, 1.807) is 124 Å². The average Bonchev–Trinajstić information content (AvgIpc) is 0.817. The van der Waals surface area contributed by atoms with E-state index in [9.17, 15) is 78.8 Å². The number of nitrogens with zero attached hydrogens (tertiary/aromatic N) is 7. The molecule has 8 aromatic carbocycles. The summed E-state index contributed by atoms with van der Waals surface area (Å²) in [6.45, 7) is 9.10. The van der Waals surface area contributed by atoms with Gasteiger partial charge in [-0.1, -0.05) is 132 Å². The van der Waals surface area contributed by atoms with E-state index >= 15 is 0 Å². The second kappa shape index (κ2) is 37.4. The summed E-state index contributed by atoms with van der Waals surface area (Å²) in [7, 11) is 0. The Hall–Kier alpha value is -12.9. The maximum absolute atomic E-state index is 13.7. The Morgan fingerprint density at radius 2 is 0.683 bits per heavy atom. The molecule has 3 spiro atoms. The number of benzene rings is 8. The van der Waals surface area contributed by atoms with Crippen LogP contribution < -0.4 is 10.6 Å². The number of carbonyl (C=O) groups is 8. The SMILES string of the molecule is C=CC(=O)N1CC2(C1)/C(=C\c1ccc(Cl)c(Cl)c1)C(=O)/C2=C/c1ccc(Cl)c(Cl)c1.C=CC(=O)N[C@@H](Cc1ccccc1)C(=O)N1CCC2(CC1)/C(=C\c1ccc([N+](=O)[O-])cc1)C(=O)/C2=C/c1ccc([N+](=O)[O-])cc1.O=C(CCl)N[C@@H](Cc1ccccc1)C(=O)N1CCC2(CC1)/C(=C\c1ccc([N+](=O)[O-])cc1)C(=O)/C2=C/c1ccc([N+](=O)[O-])cc1. The predicted molar refractivity (Wildman–Crippen MR) is 459 cm³/mol. The fourth-order valence-electron chi connectivity index (χ4n) is 15.7. The first-order valence-corrected chi connectivity index (χ1v) is 39.7. The largest absolute Gasteiger partial charge is 0.343 e. The van der Waals surface area contributed by atoms with Crippen molar-refractivity contribution in [1.29, 1.82) is 0 Å². The molecule has 3 aliphatic heterocycles. The summed E-state index contributed by atoms with van der Waals surface area (Å²) in [4.78, 5) is 152. The third-order valence-electron chi connectivity index (χ3n) is 22.1. The van der Waals surface area contributed by atoms with Gasteiger partial charge in [-0.2, -0.15) is 0 Å². The van der Waals surface area contributed by atoms with Gasteiger partial charge in [0.2, 0.25) is 29.5 Å². The van der Waals surface area contributed by atoms with Crippen LogP contribution in [0.5, 0.6) is 0 Å². The monoisotopic (exact) mass is 1710 g/mol. The summed E-state index contributed by atoms with van der Waals surface area (Å²) in [5.41, 5.74) is 7.06. The molecule has 6 aliphatic rings. The number of non-ortho nitro benzene ring substituents is 4. The molecule has 5 amide bonds. The number of alkyl halides is 1. The molecule has 610 valence electrons. The van der Waals surface area contributed by atoms with Crippen LogP contribution in [-0.4, -0.2) is 139 Å². The molecular weight excluding hydrogens is 1640 g/mol. The second-order valence-corrected chi connectivity index (χ2v) is 31.2. The van der Waals surface area contributed by atoms with Crippen LogP contribution in [-0.2, 0) is 51.2 Å². The zero-order chi connectivity index (χ0) is 85.9. The van der Waals surface area contributed by atoms with Crippen LogP contribution in [0.3, 0.4) is 0 Å². The molecule has 2 atom stereocenters. The van der Waals surface area contributed by atoms with Crippen LogP contribution in [0.1, 0.15) is 70.2 Å². The number of rotatable bonds is 21. The lowest BCUT2D eigenvalue weighted by Crippen LogP contribution is -2.66. The molecule has 0 aromatic heterocycles. The van der Waals surface area contributed by atoms with Gasteiger partial charge in [0.15, 0.2) is 17.3 Å². The molecule has 30 heteroatoms. The van der Waals surface area contributed by atoms with Crippen molar-refractivity contribution in [3.05, 3.63) is 358 Å². The number of nitrogens with one attached hydrogen (secondary N) is 2. The number of hydrogen-bond donors (Lipinski definition) is 2. The minimum absolute atomic E-state index is 0.0639. The van der Waals surface area contributed by atoms with Crippen molar-refractivity contribution < 1.29 is 58.0 Å². The van der Waals surface area contributed by atoms with E-state index in [1.807, 2.05) is 72.8 Å². The number of likely N-dealkylation sites (tertiary alicyclic amines) is 3. The number of carbonyl (C=O) groups excluding carboxylic acids is 8. The van der Waals surface area contributed by atoms with Gasteiger partial charge in [0.1, 0.15) is 18.0 Å². The van der Waals surface area contributed by atoms with Gasteiger partial charge < -0.3 is 25.3 Å². The highest BCUT2D eigenvalue weighted by Gasteiger charge is 2.62. The highest BCUT2D eigenvalue weighted by atomic mass is 35.5. The fraction of sp³-hybridized carbons (Fsp3) is 0.200. The number of halogens is 5. The quantitative estimate of drug-likeness (QED) is 0.0292. The molecule has 3 saturated heterocycles. The molecule has 120 heavy (non-hydrogen) atoms. The highest BCUT2D eigenvalue weighted by molar-refractivity contribution is 6.42. The van der Waals surface area contributed by atoms with Crippen molar-refractivity contribution in [3.8, 4) is 0 Å². The third-order valence-corrected chi connectivity index (χ3v) is 23.8. The van der Waals surface area contributed by atoms with Crippen molar-refractivity contribution in [2.45, 2.75) is 50.6 Å². The molecule has 8 aromatic rings. The van der Waals surface area contributed by atoms with Crippen LogP contribution in [0, 0.1) is 56.7 Å². The number of nitro groups is 4. The van der Waals surface area contributed by atoms with Gasteiger partial charge in [0, 0.05) is 145 Å². The zero-order valence-electron chi connectivity index (χ0n) is 63.9. The van der Waals surface area contributed by atoms with Gasteiger partial charge >= 0.3 is 0 Å². The van der Waals surface area contributed by atoms with Crippen molar-refractivity contribution in [1.82, 2.24) is 25.3 Å². The summed E-state index contributed by atoms with van der Waals surface area (Å²) < 4.78 is 0. The molecule has 6 fully saturated rings. The van der Waals surface area contributed by atoms with Crippen molar-refractivity contribution in [2.75, 3.05) is 45.1 Å². The number of allylic oxidation sites excluding steroid dienone is 4. The molecule has 3 saturated carbocycles. The Morgan fingerprint density at radius 1 is 0.392 bits per heavy atom. The highest BCUT2D eigenvalue weighted by Crippen LogP contribution is 2.59. The first kappa shape index (κ1) is 86.4. The van der Waals surface area contributed by atoms with E-state index < -0.39 is 59.8 Å². The minimum atomic E-state index is -0.819. The van der Waals surface area contributed by atoms with Crippen molar-refractivity contribution >= 4 is 164 Å². The van der Waals surface area contributed by atoms with Crippen molar-refractivity contribution in [2.24, 2.45) is 16.2 Å². The van der Waals surface area contributed by atoms with Crippen LogP contribution in [0.2, 0.25) is 20.1 Å². The standard InChI is InChI=1S/C34H30N4O7.C33H29ClN4O7.C23H15Cl4NO2/c1-2-31(39)35-30(22-23-6-4-3-5-7-23)33(41)36-18-16-34(17-19-36)28(20-24-8-12-26(13-9-24)37(42)43)32(40)29(34)21-25-10-14-27(15-11-25)38(44)45;34-21-30(39)35-29(20-22-4-2-1-3-5-22)32(41)36-16-14-33(15-17-36)27(18-23-6-10-25(11-7-23)37(42)43)31(40)28(33)19-24-8-12-26(13-9-24)38(44)45;1-2-21(29)28-11-23(12-28)15(7-13-3-5-17(24)19(26)9-13)22(30)16(23)8-14-4-6-18(25)20(27)10-14/h2-15,20-21,30H,1,16-19,22H2,(H,35,39);1-13,18-19,29H,14-17,20-21H2,(H,35,39);2-10H,1,11-12H2/b28-20-,29-21-;27-18-,28-19-;15-7-,16-8-/t30-;29-;/m00./s1. The molecular formula is C90H74Cl5N9O16. The van der Waals surface area contributed by atoms with E-state index in [0.29, 0.717) is 154 Å². The van der Waals surface area contributed by atoms with Gasteiger partial charge in [-0.3, -0.25) is 78.8 Å². The van der Waals surface area contributed by atoms with Crippen LogP contribution in [0.4, 0.5) is 22.7 Å². The Balaban J connectivity index is 0.000000169. The third kappa shape index (κ3) is 19.0. The number of ketones is 3. The summed E-state index contributed by atoms with van der Waals surface area (Å²) in [6.07, 6.45) is 15.2. The van der Waals surface area contributed by atoms with E-state index in [2.05, 4.69) is 23.8 Å². The minimum Gasteiger partial charge on any atom is -0.343 e. The maximum atomic E-state index is 13.7. The topological polar surface area (TPSA) is 343 Å². The molecule has 0 bridgehead atoms. The lowest BCUT2D eigenvalue weighted by atomic mass is 9.54. The summed E-state index contributed by atoms with van der Waals surface area (Å²) >= 11 is 30.0. The molecule has 2 N–H and O–H groups in total. The predicted octanol–water partition coefficient (Wildman–Crippen LogP) is 16.6. The molecule has 25 nitrogen and oxygen atoms in total. The van der Waals surface area contributed by atoms with E-state index in [-0.39, 0.29) is 63.7 Å². The Labute approximate surface area is 712 Å². The van der Waals surface area contributed by atoms with Gasteiger partial charge in [0.05, 0.1) is 45.2 Å². The van der Waals surface area contributed by atoms with Gasteiger partial charge in [0.25, 0.3) is 22.7 Å². The molecule has 3 heterocycles. The number of hydrogen-bond acceptors (Lipinski definition) is 16. The molecule has 0 radical (unpaired) electrons. The van der Waals surface area contributed by atoms with E-state index in [4.69, 9.17) is 58.0 Å². The summed E-state index contributed by atoms with van der Waals surface area (Å²) in [5.74, 6) is -2.29. The van der Waals surface area contributed by atoms with Crippen LogP contribution in [0.25, 0.3) is 36.5 Å². The van der Waals surface area contributed by atoms with Gasteiger partial charge in [-0.05, 0) is 192 Å². The van der Waals surface area contributed by atoms with E-state index in [0.717, 1.165) is 28.3 Å². The number of piperidine rings is 2. The first-order valence-electron chi connectivity index (χ1n) is 37.7. The number of amides is 5. The Kier molecular flexibility index (Phi) is 26.9. The average molecular weight is 1710 g/mol. The maximum Gasteiger partial charge on any atom is 0.269 e. The normalized spacial score (nSPS) is 18.4. The number of Topliss-reactive ketones (excluding diaryl/α,β-unsaturated/α-hetero) is 3. The summed E-state index contributed by atoms with van der Waals surface area (Å²) in [5, 5.41) is 51.7. The van der Waals surface area contributed by atoms with E-state index in [1.165, 1.54) is 54.6 Å². The second-order valence-electron chi connectivity index (χ2n) is 29.3. The lowest BCUT2D eigenvalue weighted by Gasteiger charge is -2.57. The zero-order valence-corrected chi connectivity index (χ0v) is 67.7. The molecule has 0 unspecified atom stereocenters. The molecule has 14 rings (SSSR count). The fourth-order valence-corrected chi connectivity index (χ4v) is 16.4. The van der Waals surface area contributed by atoms with Gasteiger partial charge in [-0.25, -0.2) is 0 Å². The smallest absolute Gasteiger partial charge is 0.269 e. The van der Waals surface area contributed by atoms with Crippen LogP contribution >= 0.6 is 58.0 Å². The first-order chi connectivity index (χ1) is 57.5. The Bertz CT molecular complexity index is 5440. The summed E-state index contributed by atoms with van der Waals surface area (Å²) in [6, 6.07) is 51.1. The van der Waals surface area contributed by atoms with Crippen LogP contribution in [0.15, 0.2) is 253 Å².